The number of ether oxygens (including phenoxy) is 1. The number of benzene rings is 1. The fraction of sp³-hybridized carbons (Fsp3) is 0.526. The average Bonchev–Trinajstić information content (AvgIpc) is 2.95. The zero-order chi connectivity index (χ0) is 17.6. The molecule has 140 valence electrons. The Morgan fingerprint density at radius 1 is 1.20 bits per heavy atom. The number of thioether (sulfide) groups is 1. The molecule has 0 bridgehead atoms. The Morgan fingerprint density at radius 3 is 2.52 bits per heavy atom. The first kappa shape index (κ1) is 22.3. The van der Waals surface area contributed by atoms with Crippen LogP contribution in [0.3, 0.4) is 0 Å². The van der Waals surface area contributed by atoms with Crippen molar-refractivity contribution in [3.8, 4) is 0 Å². The van der Waals surface area contributed by atoms with Crippen LogP contribution < -0.4 is 24.0 Å². The van der Waals surface area contributed by atoms with Gasteiger partial charge in [0, 0.05) is 22.5 Å². The third-order valence-corrected chi connectivity index (χ3v) is 5.72. The van der Waals surface area contributed by atoms with Crippen LogP contribution in [-0.4, -0.2) is 55.2 Å². The Balaban J connectivity index is 0.00000312. The average molecular weight is 477 g/mol. The monoisotopic (exact) mass is 477 g/mol. The molecule has 1 heterocycles. The lowest BCUT2D eigenvalue weighted by Crippen LogP contribution is -3.00. The van der Waals surface area contributed by atoms with Gasteiger partial charge in [0.05, 0.1) is 26.7 Å². The summed E-state index contributed by atoms with van der Waals surface area (Å²) in [6, 6.07) is 7.66. The summed E-state index contributed by atoms with van der Waals surface area (Å²) in [6.45, 7) is 10.2. The van der Waals surface area contributed by atoms with Gasteiger partial charge in [-0.3, -0.25) is 0 Å². The van der Waals surface area contributed by atoms with Gasteiger partial charge in [-0.1, -0.05) is 18.2 Å². The molecule has 0 aliphatic carbocycles. The van der Waals surface area contributed by atoms with Gasteiger partial charge in [0.1, 0.15) is 12.2 Å². The van der Waals surface area contributed by atoms with Crippen LogP contribution in [0.25, 0.3) is 11.0 Å². The van der Waals surface area contributed by atoms with Gasteiger partial charge in [0.25, 0.3) is 0 Å². The molecule has 0 atom stereocenters. The largest absolute Gasteiger partial charge is 1.00 e. The summed E-state index contributed by atoms with van der Waals surface area (Å²) in [6.07, 6.45) is 0. The number of fused-ring (bicyclic) bond motifs is 1. The molecule has 0 saturated carbocycles. The molecule has 0 N–H and O–H groups in total. The van der Waals surface area contributed by atoms with Crippen LogP contribution in [0, 0.1) is 6.92 Å². The maximum atomic E-state index is 12.2. The maximum absolute atomic E-state index is 12.2. The third kappa shape index (κ3) is 5.89. The normalized spacial score (nSPS) is 11.4. The standard InChI is InChI=1S/C19H28NO3S.HI/c1-5-20(4,6-2)11-13-24-14-12-22-19(21)18-15(3)16-9-7-8-10-17(16)23-18;/h7-10H,5-6,11-14H2,1-4H3;1H/q+1;/p-1. The van der Waals surface area contributed by atoms with E-state index in [9.17, 15) is 4.79 Å². The SMILES string of the molecule is CC[N+](C)(CC)CCSCCOC(=O)c1oc2ccccc2c1C.[I-]. The van der Waals surface area contributed by atoms with Crippen molar-refractivity contribution in [2.45, 2.75) is 20.8 Å². The summed E-state index contributed by atoms with van der Waals surface area (Å²) in [5.41, 5.74) is 1.58. The fourth-order valence-corrected chi connectivity index (χ4v) is 3.53. The second-order valence-electron chi connectivity index (χ2n) is 6.28. The van der Waals surface area contributed by atoms with E-state index in [1.807, 2.05) is 43.0 Å². The summed E-state index contributed by atoms with van der Waals surface area (Å²) in [7, 11) is 2.28. The lowest BCUT2D eigenvalue weighted by atomic mass is 10.1. The second-order valence-corrected chi connectivity index (χ2v) is 7.50. The van der Waals surface area contributed by atoms with Crippen LogP contribution >= 0.6 is 11.8 Å². The first-order chi connectivity index (χ1) is 11.5. The molecule has 0 radical (unpaired) electrons. The van der Waals surface area contributed by atoms with Crippen LogP contribution in [0.5, 0.6) is 0 Å². The van der Waals surface area contributed by atoms with Crippen molar-refractivity contribution in [2.24, 2.45) is 0 Å². The third-order valence-electron chi connectivity index (χ3n) is 4.79. The zero-order valence-corrected chi connectivity index (χ0v) is 18.5. The highest BCUT2D eigenvalue weighted by Crippen LogP contribution is 2.25. The Hall–Kier alpha value is -0.730. The van der Waals surface area contributed by atoms with Crippen molar-refractivity contribution in [2.75, 3.05) is 44.8 Å². The van der Waals surface area contributed by atoms with Gasteiger partial charge >= 0.3 is 5.97 Å². The summed E-state index contributed by atoms with van der Waals surface area (Å²) in [5, 5.41) is 0.968. The van der Waals surface area contributed by atoms with Gasteiger partial charge in [0.2, 0.25) is 5.76 Å². The number of carbonyl (C=O) groups excluding carboxylic acids is 1. The van der Waals surface area contributed by atoms with Crippen molar-refractivity contribution in [1.82, 2.24) is 0 Å². The van der Waals surface area contributed by atoms with Gasteiger partial charge in [-0.25, -0.2) is 4.79 Å². The molecule has 0 spiro atoms. The van der Waals surface area contributed by atoms with E-state index >= 15 is 0 Å². The van der Waals surface area contributed by atoms with Crippen LogP contribution in [0.4, 0.5) is 0 Å². The number of carbonyl (C=O) groups is 1. The molecule has 0 unspecified atom stereocenters. The maximum Gasteiger partial charge on any atom is 0.374 e. The highest BCUT2D eigenvalue weighted by molar-refractivity contribution is 7.99. The van der Waals surface area contributed by atoms with E-state index < -0.39 is 0 Å². The van der Waals surface area contributed by atoms with Crippen molar-refractivity contribution in [3.63, 3.8) is 0 Å². The summed E-state index contributed by atoms with van der Waals surface area (Å²) in [5.74, 6) is 1.85. The van der Waals surface area contributed by atoms with E-state index in [4.69, 9.17) is 9.15 Å². The Bertz CT molecular complexity index is 682. The smallest absolute Gasteiger partial charge is 0.374 e. The molecule has 2 rings (SSSR count). The fourth-order valence-electron chi connectivity index (χ4n) is 2.55. The number of quaternary nitrogens is 1. The predicted octanol–water partition coefficient (Wildman–Crippen LogP) is 1.12. The number of aryl methyl sites for hydroxylation is 1. The Morgan fingerprint density at radius 2 is 1.88 bits per heavy atom. The predicted molar refractivity (Wildman–Crippen MR) is 101 cm³/mol. The molecule has 2 aromatic rings. The molecule has 0 saturated heterocycles. The number of para-hydroxylation sites is 1. The summed E-state index contributed by atoms with van der Waals surface area (Å²) >= 11 is 1.83. The highest BCUT2D eigenvalue weighted by Gasteiger charge is 2.19. The van der Waals surface area contributed by atoms with E-state index in [0.717, 1.165) is 52.2 Å². The molecule has 25 heavy (non-hydrogen) atoms. The van der Waals surface area contributed by atoms with Crippen LogP contribution in [0.2, 0.25) is 0 Å². The number of furan rings is 1. The minimum Gasteiger partial charge on any atom is -1.00 e. The van der Waals surface area contributed by atoms with E-state index in [1.165, 1.54) is 0 Å². The van der Waals surface area contributed by atoms with E-state index in [1.54, 1.807) is 0 Å². The van der Waals surface area contributed by atoms with E-state index in [2.05, 4.69) is 20.9 Å². The number of nitrogens with zero attached hydrogens (tertiary/aromatic N) is 1. The molecule has 4 nitrogen and oxygen atoms in total. The van der Waals surface area contributed by atoms with Crippen molar-refractivity contribution >= 4 is 28.7 Å². The highest BCUT2D eigenvalue weighted by atomic mass is 127. The van der Waals surface area contributed by atoms with Gasteiger partial charge in [-0.2, -0.15) is 11.8 Å². The molecule has 1 aromatic heterocycles. The molecular weight excluding hydrogens is 449 g/mol. The zero-order valence-electron chi connectivity index (χ0n) is 15.5. The first-order valence-corrected chi connectivity index (χ1v) is 9.72. The lowest BCUT2D eigenvalue weighted by Gasteiger charge is -2.31. The number of rotatable bonds is 9. The molecule has 0 aliphatic rings. The Kier molecular flexibility index (Phi) is 9.30. The molecule has 0 amide bonds. The summed E-state index contributed by atoms with van der Waals surface area (Å²) < 4.78 is 12.1. The van der Waals surface area contributed by atoms with Crippen LogP contribution in [0.1, 0.15) is 30.0 Å². The number of hydrogen-bond acceptors (Lipinski definition) is 4. The van der Waals surface area contributed by atoms with Crippen LogP contribution in [-0.2, 0) is 4.74 Å². The quantitative estimate of drug-likeness (QED) is 0.235. The molecular formula is C19H28INO3S. The van der Waals surface area contributed by atoms with Gasteiger partial charge in [0.15, 0.2) is 0 Å². The topological polar surface area (TPSA) is 39.4 Å². The first-order valence-electron chi connectivity index (χ1n) is 8.57. The second kappa shape index (κ2) is 10.4. The minimum absolute atomic E-state index is 0. The molecule has 6 heteroatoms. The van der Waals surface area contributed by atoms with Crippen molar-refractivity contribution in [1.29, 1.82) is 0 Å². The number of halogens is 1. The van der Waals surface area contributed by atoms with Crippen LogP contribution in [0.15, 0.2) is 28.7 Å². The molecule has 1 aromatic carbocycles. The van der Waals surface area contributed by atoms with Gasteiger partial charge < -0.3 is 37.6 Å². The van der Waals surface area contributed by atoms with Crippen molar-refractivity contribution in [3.05, 3.63) is 35.6 Å². The van der Waals surface area contributed by atoms with Gasteiger partial charge in [-0.05, 0) is 26.8 Å². The van der Waals surface area contributed by atoms with Crippen molar-refractivity contribution < 1.29 is 42.4 Å². The minimum atomic E-state index is -0.368. The number of hydrogen-bond donors (Lipinski definition) is 0. The van der Waals surface area contributed by atoms with E-state index in [-0.39, 0.29) is 29.9 Å². The molecule has 0 fully saturated rings. The van der Waals surface area contributed by atoms with Gasteiger partial charge in [-0.15, -0.1) is 0 Å². The molecule has 0 aliphatic heterocycles. The number of esters is 1. The summed E-state index contributed by atoms with van der Waals surface area (Å²) in [4.78, 5) is 12.2. The van der Waals surface area contributed by atoms with E-state index in [0.29, 0.717) is 12.4 Å². The lowest BCUT2D eigenvalue weighted by molar-refractivity contribution is -0.903. The Labute approximate surface area is 171 Å².